The summed E-state index contributed by atoms with van der Waals surface area (Å²) < 4.78 is 2.01. The first-order valence-electron chi connectivity index (χ1n) is 6.31. The Hall–Kier alpha value is -2.69. The number of anilines is 1. The lowest BCUT2D eigenvalue weighted by Gasteiger charge is -2.03. The molecule has 1 amide bonds. The normalized spacial score (nSPS) is 10.7. The van der Waals surface area contributed by atoms with Crippen molar-refractivity contribution in [1.29, 1.82) is 0 Å². The Bertz CT molecular complexity index is 777. The van der Waals surface area contributed by atoms with E-state index >= 15 is 0 Å². The number of amides is 1. The van der Waals surface area contributed by atoms with E-state index < -0.39 is 0 Å². The highest BCUT2D eigenvalue weighted by molar-refractivity contribution is 6.13. The van der Waals surface area contributed by atoms with E-state index in [0.29, 0.717) is 11.5 Å². The van der Waals surface area contributed by atoms with Crippen LogP contribution in [0.15, 0.2) is 42.7 Å². The molecule has 0 aliphatic rings. The molecule has 0 saturated carbocycles. The number of nitrogens with zero attached hydrogens (tertiary/aromatic N) is 3. The van der Waals surface area contributed by atoms with Gasteiger partial charge < -0.3 is 4.57 Å². The van der Waals surface area contributed by atoms with E-state index in [9.17, 15) is 4.79 Å². The number of benzene rings is 1. The van der Waals surface area contributed by atoms with Crippen LogP contribution in [0.4, 0.5) is 5.95 Å². The van der Waals surface area contributed by atoms with Gasteiger partial charge >= 0.3 is 0 Å². The molecule has 2 aromatic heterocycles. The lowest BCUT2D eigenvalue weighted by Crippen LogP contribution is -2.15. The van der Waals surface area contributed by atoms with Crippen LogP contribution in [0.25, 0.3) is 10.9 Å². The van der Waals surface area contributed by atoms with Crippen LogP contribution in [0.1, 0.15) is 16.1 Å². The average Bonchev–Trinajstić information content (AvgIpc) is 2.72. The minimum Gasteiger partial charge on any atom is -0.347 e. The predicted molar refractivity (Wildman–Crippen MR) is 77.6 cm³/mol. The summed E-state index contributed by atoms with van der Waals surface area (Å²) in [7, 11) is 1.95. The van der Waals surface area contributed by atoms with Gasteiger partial charge in [0.15, 0.2) is 0 Å². The Labute approximate surface area is 116 Å². The van der Waals surface area contributed by atoms with E-state index in [1.165, 1.54) is 0 Å². The molecule has 1 aromatic carbocycles. The molecular formula is C15H14N4O. The van der Waals surface area contributed by atoms with E-state index in [4.69, 9.17) is 0 Å². The van der Waals surface area contributed by atoms with E-state index in [1.807, 2.05) is 42.8 Å². The second-order valence-electron chi connectivity index (χ2n) is 4.56. The maximum Gasteiger partial charge on any atom is 0.260 e. The number of hydrogen-bond donors (Lipinski definition) is 1. The van der Waals surface area contributed by atoms with E-state index in [0.717, 1.165) is 16.6 Å². The Morgan fingerprint density at radius 2 is 1.85 bits per heavy atom. The van der Waals surface area contributed by atoms with Crippen molar-refractivity contribution < 1.29 is 4.79 Å². The molecule has 0 spiro atoms. The maximum atomic E-state index is 12.5. The standard InChI is InChI=1S/C15H14N4O/c1-10-13(11-6-3-4-7-12(11)19(10)2)14(20)18-15-16-8-5-9-17-15/h3-9H,1-2H3,(H,16,17,18,20). The van der Waals surface area contributed by atoms with Gasteiger partial charge in [0.2, 0.25) is 5.95 Å². The summed E-state index contributed by atoms with van der Waals surface area (Å²) in [6, 6.07) is 9.54. The highest BCUT2D eigenvalue weighted by Crippen LogP contribution is 2.25. The van der Waals surface area contributed by atoms with Gasteiger partial charge in [0.25, 0.3) is 5.91 Å². The first kappa shape index (κ1) is 12.3. The largest absolute Gasteiger partial charge is 0.347 e. The highest BCUT2D eigenvalue weighted by Gasteiger charge is 2.18. The number of fused-ring (bicyclic) bond motifs is 1. The minimum absolute atomic E-state index is 0.189. The first-order chi connectivity index (χ1) is 9.68. The molecule has 1 N–H and O–H groups in total. The topological polar surface area (TPSA) is 59.8 Å². The minimum atomic E-state index is -0.189. The van der Waals surface area contributed by atoms with Crippen molar-refractivity contribution >= 4 is 22.8 Å². The van der Waals surface area contributed by atoms with Gasteiger partial charge in [-0.15, -0.1) is 0 Å². The number of nitrogens with one attached hydrogen (secondary N) is 1. The first-order valence-corrected chi connectivity index (χ1v) is 6.31. The lowest BCUT2D eigenvalue weighted by atomic mass is 10.1. The van der Waals surface area contributed by atoms with Gasteiger partial charge in [-0.25, -0.2) is 9.97 Å². The third-order valence-electron chi connectivity index (χ3n) is 3.42. The number of carbonyl (C=O) groups excluding carboxylic acids is 1. The number of aromatic nitrogens is 3. The molecule has 3 aromatic rings. The zero-order valence-corrected chi connectivity index (χ0v) is 11.3. The Kier molecular flexibility index (Phi) is 2.95. The molecule has 5 heteroatoms. The van der Waals surface area contributed by atoms with Crippen molar-refractivity contribution in [2.75, 3.05) is 5.32 Å². The number of hydrogen-bond acceptors (Lipinski definition) is 3. The van der Waals surface area contributed by atoms with E-state index in [2.05, 4.69) is 15.3 Å². The van der Waals surface area contributed by atoms with Crippen LogP contribution in [-0.4, -0.2) is 20.4 Å². The third-order valence-corrected chi connectivity index (χ3v) is 3.42. The summed E-state index contributed by atoms with van der Waals surface area (Å²) in [6.07, 6.45) is 3.19. The van der Waals surface area contributed by atoms with Gasteiger partial charge in [-0.2, -0.15) is 0 Å². The van der Waals surface area contributed by atoms with Crippen molar-refractivity contribution in [2.45, 2.75) is 6.92 Å². The molecule has 100 valence electrons. The Morgan fingerprint density at radius 3 is 2.60 bits per heavy atom. The second-order valence-corrected chi connectivity index (χ2v) is 4.56. The summed E-state index contributed by atoms with van der Waals surface area (Å²) in [5, 5.41) is 3.66. The number of rotatable bonds is 2. The molecule has 0 bridgehead atoms. The fourth-order valence-electron chi connectivity index (χ4n) is 2.34. The van der Waals surface area contributed by atoms with Crippen LogP contribution in [-0.2, 0) is 7.05 Å². The summed E-state index contributed by atoms with van der Waals surface area (Å²) in [5.41, 5.74) is 2.61. The van der Waals surface area contributed by atoms with Crippen LogP contribution in [0.3, 0.4) is 0 Å². The monoisotopic (exact) mass is 266 g/mol. The van der Waals surface area contributed by atoms with E-state index in [-0.39, 0.29) is 5.91 Å². The predicted octanol–water partition coefficient (Wildman–Crippen LogP) is 2.53. The Balaban J connectivity index is 2.06. The molecule has 5 nitrogen and oxygen atoms in total. The van der Waals surface area contributed by atoms with Crippen LogP contribution in [0.5, 0.6) is 0 Å². The summed E-state index contributed by atoms with van der Waals surface area (Å²) in [5.74, 6) is 0.121. The molecule has 3 rings (SSSR count). The van der Waals surface area contributed by atoms with Crippen LogP contribution in [0.2, 0.25) is 0 Å². The van der Waals surface area contributed by atoms with Gasteiger partial charge in [-0.1, -0.05) is 18.2 Å². The quantitative estimate of drug-likeness (QED) is 0.775. The fraction of sp³-hybridized carbons (Fsp3) is 0.133. The van der Waals surface area contributed by atoms with Crippen molar-refractivity contribution in [3.63, 3.8) is 0 Å². The molecule has 0 aliphatic carbocycles. The molecule has 0 atom stereocenters. The maximum absolute atomic E-state index is 12.5. The highest BCUT2D eigenvalue weighted by atomic mass is 16.1. The average molecular weight is 266 g/mol. The molecule has 0 radical (unpaired) electrons. The third kappa shape index (κ3) is 1.93. The van der Waals surface area contributed by atoms with Crippen molar-refractivity contribution in [2.24, 2.45) is 7.05 Å². The molecule has 20 heavy (non-hydrogen) atoms. The summed E-state index contributed by atoms with van der Waals surface area (Å²) >= 11 is 0. The number of aryl methyl sites for hydroxylation is 1. The van der Waals surface area contributed by atoms with Crippen molar-refractivity contribution in [3.8, 4) is 0 Å². The summed E-state index contributed by atoms with van der Waals surface area (Å²) in [6.45, 7) is 1.93. The second kappa shape index (κ2) is 4.77. The molecular weight excluding hydrogens is 252 g/mol. The smallest absolute Gasteiger partial charge is 0.260 e. The van der Waals surface area contributed by atoms with Gasteiger partial charge in [0, 0.05) is 36.0 Å². The van der Waals surface area contributed by atoms with Crippen LogP contribution >= 0.6 is 0 Å². The number of para-hydroxylation sites is 1. The van der Waals surface area contributed by atoms with Crippen LogP contribution in [0, 0.1) is 6.92 Å². The number of carbonyl (C=O) groups is 1. The van der Waals surface area contributed by atoms with Gasteiger partial charge in [0.05, 0.1) is 5.56 Å². The molecule has 2 heterocycles. The summed E-state index contributed by atoms with van der Waals surface area (Å²) in [4.78, 5) is 20.5. The zero-order chi connectivity index (χ0) is 14.1. The Morgan fingerprint density at radius 1 is 1.15 bits per heavy atom. The molecule has 0 unspecified atom stereocenters. The van der Waals surface area contributed by atoms with Gasteiger partial charge in [-0.3, -0.25) is 10.1 Å². The SMILES string of the molecule is Cc1c(C(=O)Nc2ncccn2)c2ccccc2n1C. The van der Waals surface area contributed by atoms with Crippen LogP contribution < -0.4 is 5.32 Å². The molecule has 0 saturated heterocycles. The zero-order valence-electron chi connectivity index (χ0n) is 11.3. The van der Waals surface area contributed by atoms with Crippen molar-refractivity contribution in [1.82, 2.24) is 14.5 Å². The molecule has 0 aliphatic heterocycles. The van der Waals surface area contributed by atoms with Gasteiger partial charge in [0.1, 0.15) is 0 Å². The van der Waals surface area contributed by atoms with E-state index in [1.54, 1.807) is 18.5 Å². The van der Waals surface area contributed by atoms with Gasteiger partial charge in [-0.05, 0) is 19.1 Å². The molecule has 0 fully saturated rings. The fourth-order valence-corrected chi connectivity index (χ4v) is 2.34. The van der Waals surface area contributed by atoms with Crippen molar-refractivity contribution in [3.05, 3.63) is 54.0 Å². The lowest BCUT2D eigenvalue weighted by molar-refractivity contribution is 0.102.